The molecule has 0 fully saturated rings. The maximum Gasteiger partial charge on any atom is 0.128 e. The van der Waals surface area contributed by atoms with Crippen molar-refractivity contribution in [1.82, 2.24) is 0 Å². The molecule has 2 aliphatic rings. The van der Waals surface area contributed by atoms with Crippen molar-refractivity contribution in [3.8, 4) is 11.5 Å². The zero-order valence-electron chi connectivity index (χ0n) is 18.3. The summed E-state index contributed by atoms with van der Waals surface area (Å²) in [5.74, 6) is 1.13. The van der Waals surface area contributed by atoms with Gasteiger partial charge in [-0.05, 0) is 95.4 Å². The molecule has 152 valence electrons. The molecule has 0 spiro atoms. The lowest BCUT2D eigenvalue weighted by Gasteiger charge is -2.35. The minimum absolute atomic E-state index is 0.278. The highest BCUT2D eigenvalue weighted by molar-refractivity contribution is 5.62. The zero-order chi connectivity index (χ0) is 20.4. The molecule has 1 atom stereocenters. The predicted molar refractivity (Wildman–Crippen MR) is 119 cm³/mol. The van der Waals surface area contributed by atoms with Gasteiger partial charge in [0, 0.05) is 5.56 Å². The van der Waals surface area contributed by atoms with Gasteiger partial charge in [0.2, 0.25) is 0 Å². The number of hydrogen-bond acceptors (Lipinski definition) is 2. The van der Waals surface area contributed by atoms with Gasteiger partial charge < -0.3 is 9.84 Å². The topological polar surface area (TPSA) is 29.5 Å². The third-order valence-corrected chi connectivity index (χ3v) is 6.54. The monoisotopic (exact) mass is 380 g/mol. The first kappa shape index (κ1) is 20.8. The van der Waals surface area contributed by atoms with Crippen molar-refractivity contribution in [3.05, 3.63) is 52.6 Å². The molecule has 0 radical (unpaired) electrons. The fourth-order valence-corrected chi connectivity index (χ4v) is 4.70. The van der Waals surface area contributed by atoms with Crippen molar-refractivity contribution in [1.29, 1.82) is 0 Å². The summed E-state index contributed by atoms with van der Waals surface area (Å²) in [4.78, 5) is 0. The van der Waals surface area contributed by atoms with E-state index >= 15 is 0 Å². The summed E-state index contributed by atoms with van der Waals surface area (Å²) < 4.78 is 6.22. The van der Waals surface area contributed by atoms with E-state index in [1.165, 1.54) is 31.3 Å². The minimum atomic E-state index is -0.286. The lowest BCUT2D eigenvalue weighted by atomic mass is 9.71. The molecule has 1 aromatic carbocycles. The van der Waals surface area contributed by atoms with Gasteiger partial charge in [0.25, 0.3) is 0 Å². The van der Waals surface area contributed by atoms with E-state index in [1.54, 1.807) is 23.3 Å². The van der Waals surface area contributed by atoms with Crippen LogP contribution >= 0.6 is 0 Å². The predicted octanol–water partition coefficient (Wildman–Crippen LogP) is 7.59. The maximum absolute atomic E-state index is 9.61. The summed E-state index contributed by atoms with van der Waals surface area (Å²) in [5, 5.41) is 9.61. The van der Waals surface area contributed by atoms with Crippen molar-refractivity contribution >= 4 is 6.08 Å². The van der Waals surface area contributed by atoms with Crippen LogP contribution in [0.4, 0.5) is 0 Å². The Labute approximate surface area is 171 Å². The number of aromatic hydroxyl groups is 1. The molecule has 1 aromatic rings. The molecule has 1 N–H and O–H groups in total. The normalized spacial score (nSPS) is 24.1. The average Bonchev–Trinajstić information content (AvgIpc) is 2.61. The van der Waals surface area contributed by atoms with E-state index in [4.69, 9.17) is 4.74 Å². The highest BCUT2D eigenvalue weighted by Gasteiger charge is 2.28. The smallest absolute Gasteiger partial charge is 0.128 e. The Balaban J connectivity index is 1.54. The van der Waals surface area contributed by atoms with Crippen LogP contribution in [0, 0.1) is 5.41 Å². The first-order valence-electron chi connectivity index (χ1n) is 10.7. The van der Waals surface area contributed by atoms with Crippen molar-refractivity contribution in [3.63, 3.8) is 0 Å². The summed E-state index contributed by atoms with van der Waals surface area (Å²) in [7, 11) is 0. The van der Waals surface area contributed by atoms with E-state index in [1.807, 2.05) is 6.07 Å². The van der Waals surface area contributed by atoms with Gasteiger partial charge >= 0.3 is 0 Å². The Morgan fingerprint density at radius 1 is 1.25 bits per heavy atom. The van der Waals surface area contributed by atoms with Gasteiger partial charge in [-0.3, -0.25) is 0 Å². The largest absolute Gasteiger partial charge is 0.508 e. The molecule has 0 amide bonds. The Morgan fingerprint density at radius 3 is 2.79 bits per heavy atom. The van der Waals surface area contributed by atoms with Crippen LogP contribution in [0.3, 0.4) is 0 Å². The number of phenolic OH excluding ortho intramolecular Hbond substituents is 1. The van der Waals surface area contributed by atoms with Gasteiger partial charge in [-0.1, -0.05) is 42.7 Å². The third-order valence-electron chi connectivity index (χ3n) is 6.54. The molecule has 1 aliphatic heterocycles. The lowest BCUT2D eigenvalue weighted by Crippen LogP contribution is -2.31. The van der Waals surface area contributed by atoms with Gasteiger partial charge in [0.1, 0.15) is 17.1 Å². The van der Waals surface area contributed by atoms with Crippen molar-refractivity contribution in [2.45, 2.75) is 85.2 Å². The fraction of sp³-hybridized carbons (Fsp3) is 0.538. The summed E-state index contributed by atoms with van der Waals surface area (Å²) in [6.45, 7) is 11.6. The molecule has 0 aromatic heterocycles. The molecule has 0 saturated heterocycles. The number of hydrogen-bond donors (Lipinski definition) is 1. The minimum Gasteiger partial charge on any atom is -0.508 e. The number of benzene rings is 1. The fourth-order valence-electron chi connectivity index (χ4n) is 4.70. The second-order valence-corrected chi connectivity index (χ2v) is 9.56. The van der Waals surface area contributed by atoms with E-state index < -0.39 is 0 Å². The van der Waals surface area contributed by atoms with Crippen molar-refractivity contribution in [2.75, 3.05) is 0 Å². The lowest BCUT2D eigenvalue weighted by molar-refractivity contribution is 0.128. The van der Waals surface area contributed by atoms with Crippen LogP contribution in [0.2, 0.25) is 0 Å². The van der Waals surface area contributed by atoms with Gasteiger partial charge in [0.05, 0.1) is 0 Å². The highest BCUT2D eigenvalue weighted by atomic mass is 16.5. The van der Waals surface area contributed by atoms with Crippen LogP contribution in [0.1, 0.15) is 85.1 Å². The van der Waals surface area contributed by atoms with E-state index in [9.17, 15) is 5.11 Å². The molecule has 28 heavy (non-hydrogen) atoms. The second kappa shape index (κ2) is 8.19. The third kappa shape index (κ3) is 4.90. The number of ether oxygens (including phenoxy) is 1. The van der Waals surface area contributed by atoms with Crippen LogP contribution in [0.25, 0.3) is 6.08 Å². The highest BCUT2D eigenvalue weighted by Crippen LogP contribution is 2.42. The SMILES string of the molecule is CC1=C(CC/C(C)=C/CC[C@@]2(C)C=Cc3cc(O)ccc3O2)C(C)(C)CCC1. The molecular weight excluding hydrogens is 344 g/mol. The zero-order valence-corrected chi connectivity index (χ0v) is 18.3. The second-order valence-electron chi connectivity index (χ2n) is 9.56. The van der Waals surface area contributed by atoms with E-state index in [-0.39, 0.29) is 11.4 Å². The molecule has 0 bridgehead atoms. The van der Waals surface area contributed by atoms with E-state index in [2.05, 4.69) is 52.8 Å². The van der Waals surface area contributed by atoms with Gasteiger partial charge in [0.15, 0.2) is 0 Å². The molecule has 1 heterocycles. The number of allylic oxidation sites excluding steroid dienone is 4. The maximum atomic E-state index is 9.61. The molecule has 3 rings (SSSR count). The Hall–Kier alpha value is -1.96. The molecule has 1 aliphatic carbocycles. The van der Waals surface area contributed by atoms with Crippen molar-refractivity contribution in [2.24, 2.45) is 5.41 Å². The number of phenols is 1. The molecule has 2 heteroatoms. The first-order valence-corrected chi connectivity index (χ1v) is 10.7. The Kier molecular flexibility index (Phi) is 6.07. The molecule has 2 nitrogen and oxygen atoms in total. The van der Waals surface area contributed by atoms with Gasteiger partial charge in [-0.15, -0.1) is 0 Å². The Bertz CT molecular complexity index is 810. The Morgan fingerprint density at radius 2 is 2.04 bits per heavy atom. The summed E-state index contributed by atoms with van der Waals surface area (Å²) in [6, 6.07) is 5.29. The van der Waals surface area contributed by atoms with E-state index in [0.717, 1.165) is 30.6 Å². The molecular formula is C26H36O2. The summed E-state index contributed by atoms with van der Waals surface area (Å²) in [5.41, 5.74) is 5.83. The van der Waals surface area contributed by atoms with Crippen LogP contribution in [0.5, 0.6) is 11.5 Å². The van der Waals surface area contributed by atoms with Gasteiger partial charge in [-0.2, -0.15) is 0 Å². The number of fused-ring (bicyclic) bond motifs is 1. The van der Waals surface area contributed by atoms with E-state index in [0.29, 0.717) is 5.41 Å². The first-order chi connectivity index (χ1) is 13.2. The number of rotatable bonds is 6. The van der Waals surface area contributed by atoms with Crippen LogP contribution < -0.4 is 4.74 Å². The molecule has 0 unspecified atom stereocenters. The summed E-state index contributed by atoms with van der Waals surface area (Å²) >= 11 is 0. The van der Waals surface area contributed by atoms with Crippen molar-refractivity contribution < 1.29 is 9.84 Å². The van der Waals surface area contributed by atoms with Crippen LogP contribution in [0.15, 0.2) is 47.1 Å². The van der Waals surface area contributed by atoms with Crippen LogP contribution in [-0.4, -0.2) is 10.7 Å². The quantitative estimate of drug-likeness (QED) is 0.515. The standard InChI is InChI=1S/C26H36O2/c1-19(10-12-23-20(2)9-7-15-25(23,3)4)8-6-16-26(5)17-14-21-18-22(27)11-13-24(21)28-26/h8,11,13-14,17-18,27H,6-7,9-10,12,15-16H2,1-5H3/b19-8+/t26-/m0/s1. The van der Waals surface area contributed by atoms with Gasteiger partial charge in [-0.25, -0.2) is 0 Å². The average molecular weight is 381 g/mol. The molecule has 0 saturated carbocycles. The van der Waals surface area contributed by atoms with Crippen LogP contribution in [-0.2, 0) is 0 Å². The summed E-state index contributed by atoms with van der Waals surface area (Å²) in [6.07, 6.45) is 14.8.